The van der Waals surface area contributed by atoms with Crippen LogP contribution in [0.15, 0.2) is 59.7 Å². The second kappa shape index (κ2) is 8.01. The van der Waals surface area contributed by atoms with Crippen LogP contribution in [-0.2, 0) is 20.0 Å². The summed E-state index contributed by atoms with van der Waals surface area (Å²) in [5.74, 6) is 0. The van der Waals surface area contributed by atoms with Gasteiger partial charge in [0.25, 0.3) is 0 Å². The molecule has 1 saturated heterocycles. The fourth-order valence-corrected chi connectivity index (χ4v) is 34.2. The minimum absolute atomic E-state index is 0. The van der Waals surface area contributed by atoms with Crippen molar-refractivity contribution in [2.45, 2.75) is 42.4 Å². The predicted octanol–water partition coefficient (Wildman–Crippen LogP) is 1.10. The maximum absolute atomic E-state index is 2.54. The monoisotopic (exact) mass is 564 g/mol. The Kier molecular flexibility index (Phi) is 6.26. The second-order valence-corrected chi connectivity index (χ2v) is 24.6. The molecule has 2 aromatic carbocycles. The summed E-state index contributed by atoms with van der Waals surface area (Å²) in [7, 11) is 0. The molecule has 1 heterocycles. The summed E-state index contributed by atoms with van der Waals surface area (Å²) < 4.78 is 4.83. The number of benzene rings is 2. The zero-order valence-corrected chi connectivity index (χ0v) is 21.1. The summed E-state index contributed by atoms with van der Waals surface area (Å²) in [6, 6.07) is 18.5. The molecular formula is C24H26Cl2Hf. The Morgan fingerprint density at radius 1 is 0.704 bits per heavy atom. The van der Waals surface area contributed by atoms with Crippen molar-refractivity contribution < 1.29 is 44.8 Å². The van der Waals surface area contributed by atoms with E-state index in [9.17, 15) is 0 Å². The van der Waals surface area contributed by atoms with E-state index < -0.39 is 20.0 Å². The summed E-state index contributed by atoms with van der Waals surface area (Å²) in [6.07, 6.45) is 7.52. The van der Waals surface area contributed by atoms with Crippen LogP contribution in [0.1, 0.15) is 56.3 Å². The van der Waals surface area contributed by atoms with E-state index in [0.717, 1.165) is 7.35 Å². The third-order valence-electron chi connectivity index (χ3n) is 6.83. The van der Waals surface area contributed by atoms with Crippen molar-refractivity contribution in [2.24, 2.45) is 0 Å². The molecule has 2 unspecified atom stereocenters. The number of allylic oxidation sites excluding steroid dienone is 2. The first-order chi connectivity index (χ1) is 12.3. The van der Waals surface area contributed by atoms with E-state index in [1.54, 1.807) is 30.6 Å². The van der Waals surface area contributed by atoms with Crippen LogP contribution in [0.4, 0.5) is 0 Å². The number of hydrogen-bond donors (Lipinski definition) is 0. The van der Waals surface area contributed by atoms with Crippen LogP contribution in [0, 0.1) is 0 Å². The minimum Gasteiger partial charge on any atom is -1.00 e. The molecular weight excluding hydrogens is 538 g/mol. The molecule has 1 aliphatic heterocycles. The molecule has 0 saturated carbocycles. The fourth-order valence-electron chi connectivity index (χ4n) is 5.63. The summed E-state index contributed by atoms with van der Waals surface area (Å²) in [6.45, 7) is 4.74. The number of rotatable bonds is 4. The molecule has 5 rings (SSSR count). The van der Waals surface area contributed by atoms with E-state index >= 15 is 0 Å². The minimum atomic E-state index is -2.47. The van der Waals surface area contributed by atoms with Crippen molar-refractivity contribution in [2.75, 3.05) is 0 Å². The molecule has 2 aromatic rings. The molecule has 0 spiro atoms. The first kappa shape index (κ1) is 21.1. The Bertz CT molecular complexity index is 837. The van der Waals surface area contributed by atoms with Gasteiger partial charge >= 0.3 is 156 Å². The number of fused-ring (bicyclic) bond motifs is 2. The molecule has 1 fully saturated rings. The van der Waals surface area contributed by atoms with Crippen LogP contribution < -0.4 is 24.8 Å². The molecule has 0 bridgehead atoms. The third-order valence-corrected chi connectivity index (χ3v) is 25.9. The van der Waals surface area contributed by atoms with Crippen LogP contribution in [0.2, 0.25) is 8.35 Å². The fraction of sp³-hybridized carbons (Fsp3) is 0.333. The third kappa shape index (κ3) is 3.15. The number of halogens is 2. The molecule has 3 heteroatoms. The Balaban J connectivity index is 0.00000105. The second-order valence-electron chi connectivity index (χ2n) is 8.00. The van der Waals surface area contributed by atoms with E-state index in [1.807, 2.05) is 0 Å². The molecule has 0 radical (unpaired) electrons. The average molecular weight is 564 g/mol. The molecule has 0 amide bonds. The molecule has 3 aliphatic rings. The molecule has 27 heavy (non-hydrogen) atoms. The Morgan fingerprint density at radius 3 is 1.48 bits per heavy atom. The molecule has 0 nitrogen and oxygen atoms in total. The first-order valence-electron chi connectivity index (χ1n) is 9.87. The Morgan fingerprint density at radius 2 is 1.11 bits per heavy atom. The van der Waals surface area contributed by atoms with Gasteiger partial charge in [0, 0.05) is 0 Å². The normalized spacial score (nSPS) is 22.1. The summed E-state index contributed by atoms with van der Waals surface area (Å²) in [4.78, 5) is 0. The predicted molar refractivity (Wildman–Crippen MR) is 105 cm³/mol. The van der Waals surface area contributed by atoms with Crippen molar-refractivity contribution >= 4 is 12.2 Å². The van der Waals surface area contributed by atoms with Crippen molar-refractivity contribution in [3.05, 3.63) is 81.9 Å². The Hall–Kier alpha value is -0.630. The Labute approximate surface area is 180 Å². The van der Waals surface area contributed by atoms with Gasteiger partial charge in [0.15, 0.2) is 0 Å². The summed E-state index contributed by atoms with van der Waals surface area (Å²) >= 11 is -2.47. The standard InChI is InChI=1S/2C11H11.C2H4.2ClH.Hf/c2*1-2-9-7-10-5-3-4-6-11(10)8-9;1-2;;;/h2*3-8H,2H2,1H3;1-2H2;2*1H;/q;;;;;+2/p-2. The van der Waals surface area contributed by atoms with Gasteiger partial charge in [-0.05, 0) is 0 Å². The van der Waals surface area contributed by atoms with Gasteiger partial charge < -0.3 is 24.8 Å². The van der Waals surface area contributed by atoms with E-state index in [2.05, 4.69) is 74.5 Å². The van der Waals surface area contributed by atoms with Gasteiger partial charge in [0.2, 0.25) is 0 Å². The van der Waals surface area contributed by atoms with E-state index in [1.165, 1.54) is 24.0 Å². The maximum Gasteiger partial charge on any atom is -1.00 e. The van der Waals surface area contributed by atoms with Crippen LogP contribution in [0.25, 0.3) is 12.2 Å². The van der Waals surface area contributed by atoms with E-state index in [4.69, 9.17) is 0 Å². The van der Waals surface area contributed by atoms with Crippen molar-refractivity contribution in [3.63, 3.8) is 0 Å². The molecule has 0 N–H and O–H groups in total. The quantitative estimate of drug-likeness (QED) is 0.489. The van der Waals surface area contributed by atoms with Crippen molar-refractivity contribution in [1.29, 1.82) is 0 Å². The van der Waals surface area contributed by atoms with Crippen molar-refractivity contribution in [1.82, 2.24) is 0 Å². The summed E-state index contributed by atoms with van der Waals surface area (Å²) in [5.41, 5.74) is 9.89. The van der Waals surface area contributed by atoms with Gasteiger partial charge in [0.05, 0.1) is 0 Å². The van der Waals surface area contributed by atoms with Crippen molar-refractivity contribution in [3.8, 4) is 0 Å². The molecule has 140 valence electrons. The zero-order valence-electron chi connectivity index (χ0n) is 16.0. The van der Waals surface area contributed by atoms with Gasteiger partial charge in [0.1, 0.15) is 0 Å². The van der Waals surface area contributed by atoms with Gasteiger partial charge in [-0.15, -0.1) is 0 Å². The molecule has 2 aliphatic carbocycles. The van der Waals surface area contributed by atoms with E-state index in [0.29, 0.717) is 0 Å². The van der Waals surface area contributed by atoms with Crippen LogP contribution >= 0.6 is 0 Å². The SMILES string of the molecule is CCC1=Cc2ccccc2[CH]1[Hf+2]1([CH]2C(CC)=Cc3ccccc32)[CH2][CH2]1.[Cl-].[Cl-]. The van der Waals surface area contributed by atoms with Crippen LogP contribution in [-0.4, -0.2) is 0 Å². The number of hydrogen-bond acceptors (Lipinski definition) is 0. The van der Waals surface area contributed by atoms with Crippen LogP contribution in [0.5, 0.6) is 0 Å². The smallest absolute Gasteiger partial charge is 1.00 e. The van der Waals surface area contributed by atoms with Gasteiger partial charge in [-0.1, -0.05) is 0 Å². The zero-order chi connectivity index (χ0) is 17.0. The van der Waals surface area contributed by atoms with Crippen LogP contribution in [0.3, 0.4) is 0 Å². The van der Waals surface area contributed by atoms with Gasteiger partial charge in [-0.25, -0.2) is 0 Å². The molecule has 2 atom stereocenters. The largest absolute Gasteiger partial charge is 1.00 e. The maximum atomic E-state index is 2.54. The van der Waals surface area contributed by atoms with Gasteiger partial charge in [-0.2, -0.15) is 0 Å². The average Bonchev–Trinajstić information content (AvgIpc) is 3.20. The molecule has 0 aromatic heterocycles. The topological polar surface area (TPSA) is 0 Å². The first-order valence-corrected chi connectivity index (χ1v) is 19.1. The van der Waals surface area contributed by atoms with Gasteiger partial charge in [-0.3, -0.25) is 0 Å². The van der Waals surface area contributed by atoms with E-state index in [-0.39, 0.29) is 24.8 Å². The summed E-state index contributed by atoms with van der Waals surface area (Å²) in [5, 5.41) is 0.